The number of aryl methyl sites for hydroxylation is 1. The molecule has 0 bridgehead atoms. The van der Waals surface area contributed by atoms with Crippen LogP contribution in [0, 0.1) is 5.92 Å². The molecule has 2 unspecified atom stereocenters. The van der Waals surface area contributed by atoms with Crippen LogP contribution in [-0.4, -0.2) is 34.9 Å². The van der Waals surface area contributed by atoms with Crippen LogP contribution in [0.25, 0.3) is 0 Å². The Morgan fingerprint density at radius 1 is 1.65 bits per heavy atom. The minimum atomic E-state index is -2.84. The van der Waals surface area contributed by atoms with E-state index in [1.165, 1.54) is 0 Å². The zero-order chi connectivity index (χ0) is 12.6. The van der Waals surface area contributed by atoms with Crippen LogP contribution in [0.2, 0.25) is 0 Å². The lowest BCUT2D eigenvalue weighted by molar-refractivity contribution is 0.461. The lowest BCUT2D eigenvalue weighted by atomic mass is 9.98. The predicted octanol–water partition coefficient (Wildman–Crippen LogP) is 0.402. The number of rotatable bonds is 3. The fourth-order valence-corrected chi connectivity index (χ4v) is 4.76. The van der Waals surface area contributed by atoms with Gasteiger partial charge in [-0.25, -0.2) is 13.1 Å². The van der Waals surface area contributed by atoms with E-state index in [0.29, 0.717) is 17.4 Å². The second-order valence-electron chi connectivity index (χ2n) is 4.50. The third kappa shape index (κ3) is 2.86. The maximum Gasteiger partial charge on any atom is 0.153 e. The third-order valence-electron chi connectivity index (χ3n) is 3.09. The van der Waals surface area contributed by atoms with E-state index in [0.717, 1.165) is 5.69 Å². The van der Waals surface area contributed by atoms with Gasteiger partial charge in [0.2, 0.25) is 0 Å². The summed E-state index contributed by atoms with van der Waals surface area (Å²) in [7, 11) is -1.06. The summed E-state index contributed by atoms with van der Waals surface area (Å²) in [6.07, 6.45) is 1.36. The molecule has 96 valence electrons. The van der Waals surface area contributed by atoms with Gasteiger partial charge in [-0.1, -0.05) is 5.21 Å². The number of nitrogens with two attached hydrogens (primary N) is 1. The topological polar surface area (TPSA) is 90.9 Å². The van der Waals surface area contributed by atoms with Crippen LogP contribution in [-0.2, 0) is 16.9 Å². The molecule has 2 heterocycles. The van der Waals surface area contributed by atoms with Gasteiger partial charge in [0, 0.05) is 13.1 Å². The summed E-state index contributed by atoms with van der Waals surface area (Å²) in [5.74, 6) is 0.690. The Kier molecular flexibility index (Phi) is 3.55. The summed E-state index contributed by atoms with van der Waals surface area (Å²) >= 11 is 3.30. The highest BCUT2D eigenvalue weighted by atomic mass is 79.9. The molecule has 0 aromatic carbocycles. The molecule has 0 spiro atoms. The smallest absolute Gasteiger partial charge is 0.153 e. The summed E-state index contributed by atoms with van der Waals surface area (Å²) in [5.41, 5.74) is 6.90. The van der Waals surface area contributed by atoms with Gasteiger partial charge < -0.3 is 5.73 Å². The Morgan fingerprint density at radius 3 is 2.82 bits per heavy atom. The van der Waals surface area contributed by atoms with E-state index < -0.39 is 9.84 Å². The van der Waals surface area contributed by atoms with Gasteiger partial charge in [-0.3, -0.25) is 0 Å². The number of hydrogen-bond donors (Lipinski definition) is 1. The van der Waals surface area contributed by atoms with Gasteiger partial charge in [-0.05, 0) is 34.7 Å². The lowest BCUT2D eigenvalue weighted by Gasteiger charge is -2.15. The van der Waals surface area contributed by atoms with Crippen molar-refractivity contribution in [1.82, 2.24) is 15.0 Å². The highest BCUT2D eigenvalue weighted by molar-refractivity contribution is 9.10. The number of aromatic nitrogens is 3. The minimum Gasteiger partial charge on any atom is -0.323 e. The molecule has 1 saturated heterocycles. The third-order valence-corrected chi connectivity index (χ3v) is 5.49. The van der Waals surface area contributed by atoms with Crippen molar-refractivity contribution in [3.8, 4) is 0 Å². The SMILES string of the molecule is Cn1nnc(Br)c1C(N)CC1CCS(=O)(=O)C1. The molecule has 0 radical (unpaired) electrons. The first-order chi connectivity index (χ1) is 7.89. The normalized spacial score (nSPS) is 25.0. The van der Waals surface area contributed by atoms with Crippen molar-refractivity contribution in [2.45, 2.75) is 18.9 Å². The first-order valence-electron chi connectivity index (χ1n) is 5.40. The van der Waals surface area contributed by atoms with Gasteiger partial charge in [-0.15, -0.1) is 5.10 Å². The van der Waals surface area contributed by atoms with Gasteiger partial charge in [0.25, 0.3) is 0 Å². The molecule has 1 fully saturated rings. The minimum absolute atomic E-state index is 0.150. The highest BCUT2D eigenvalue weighted by Crippen LogP contribution is 2.29. The molecule has 2 N–H and O–H groups in total. The van der Waals surface area contributed by atoms with E-state index in [4.69, 9.17) is 5.73 Å². The molecule has 2 atom stereocenters. The van der Waals surface area contributed by atoms with Crippen molar-refractivity contribution in [3.05, 3.63) is 10.3 Å². The quantitative estimate of drug-likeness (QED) is 0.869. The molecule has 0 saturated carbocycles. The molecule has 2 rings (SSSR count). The molecule has 17 heavy (non-hydrogen) atoms. The van der Waals surface area contributed by atoms with Crippen LogP contribution in [0.15, 0.2) is 4.60 Å². The van der Waals surface area contributed by atoms with Crippen molar-refractivity contribution in [1.29, 1.82) is 0 Å². The van der Waals surface area contributed by atoms with Gasteiger partial charge in [0.1, 0.15) is 0 Å². The molecule has 6 nitrogen and oxygen atoms in total. The number of nitrogens with zero attached hydrogens (tertiary/aromatic N) is 3. The van der Waals surface area contributed by atoms with E-state index in [1.807, 2.05) is 0 Å². The molecule has 8 heteroatoms. The monoisotopic (exact) mass is 322 g/mol. The van der Waals surface area contributed by atoms with Gasteiger partial charge >= 0.3 is 0 Å². The van der Waals surface area contributed by atoms with Crippen LogP contribution in [0.3, 0.4) is 0 Å². The van der Waals surface area contributed by atoms with Gasteiger partial charge in [-0.2, -0.15) is 0 Å². The zero-order valence-electron chi connectivity index (χ0n) is 9.50. The summed E-state index contributed by atoms with van der Waals surface area (Å²) < 4.78 is 25.0. The maximum absolute atomic E-state index is 11.4. The second kappa shape index (κ2) is 4.66. The number of halogens is 1. The fourth-order valence-electron chi connectivity index (χ4n) is 2.26. The van der Waals surface area contributed by atoms with E-state index in [-0.39, 0.29) is 23.5 Å². The summed E-state index contributed by atoms with van der Waals surface area (Å²) in [6.45, 7) is 0. The standard InChI is InChI=1S/C9H15BrN4O2S/c1-14-8(9(10)12-13-14)7(11)4-6-2-3-17(15,16)5-6/h6-7H,2-5,11H2,1H3. The van der Waals surface area contributed by atoms with Crippen molar-refractivity contribution in [3.63, 3.8) is 0 Å². The molecule has 1 aromatic rings. The van der Waals surface area contributed by atoms with E-state index in [2.05, 4.69) is 26.2 Å². The van der Waals surface area contributed by atoms with Crippen molar-refractivity contribution < 1.29 is 8.42 Å². The average molecular weight is 323 g/mol. The summed E-state index contributed by atoms with van der Waals surface area (Å²) in [6, 6.07) is -0.234. The Balaban J connectivity index is 2.06. The second-order valence-corrected chi connectivity index (χ2v) is 7.48. The number of sulfone groups is 1. The van der Waals surface area contributed by atoms with Crippen molar-refractivity contribution in [2.24, 2.45) is 18.7 Å². The molecular weight excluding hydrogens is 308 g/mol. The average Bonchev–Trinajstić information content (AvgIpc) is 2.70. The van der Waals surface area contributed by atoms with Crippen molar-refractivity contribution >= 4 is 25.8 Å². The first kappa shape index (κ1) is 13.0. The van der Waals surface area contributed by atoms with E-state index in [1.54, 1.807) is 11.7 Å². The fraction of sp³-hybridized carbons (Fsp3) is 0.778. The summed E-state index contributed by atoms with van der Waals surface area (Å²) in [4.78, 5) is 0. The Hall–Kier alpha value is -0.470. The molecular formula is C9H15BrN4O2S. The molecule has 1 aliphatic rings. The Bertz CT molecular complexity index is 494. The first-order valence-corrected chi connectivity index (χ1v) is 8.01. The maximum atomic E-state index is 11.4. The number of hydrogen-bond acceptors (Lipinski definition) is 5. The van der Waals surface area contributed by atoms with E-state index in [9.17, 15) is 8.42 Å². The molecule has 1 aliphatic heterocycles. The van der Waals surface area contributed by atoms with E-state index >= 15 is 0 Å². The Morgan fingerprint density at radius 2 is 2.35 bits per heavy atom. The Labute approximate surface area is 109 Å². The van der Waals surface area contributed by atoms with Crippen molar-refractivity contribution in [2.75, 3.05) is 11.5 Å². The predicted molar refractivity (Wildman–Crippen MR) is 67.0 cm³/mol. The zero-order valence-corrected chi connectivity index (χ0v) is 11.9. The lowest BCUT2D eigenvalue weighted by Crippen LogP contribution is -2.19. The summed E-state index contributed by atoms with van der Waals surface area (Å²) in [5, 5.41) is 7.73. The van der Waals surface area contributed by atoms with Crippen LogP contribution in [0.4, 0.5) is 0 Å². The molecule has 1 aromatic heterocycles. The largest absolute Gasteiger partial charge is 0.323 e. The van der Waals surface area contributed by atoms with Gasteiger partial charge in [0.15, 0.2) is 14.4 Å². The highest BCUT2D eigenvalue weighted by Gasteiger charge is 2.30. The van der Waals surface area contributed by atoms with Crippen LogP contribution < -0.4 is 5.73 Å². The van der Waals surface area contributed by atoms with Crippen LogP contribution >= 0.6 is 15.9 Å². The van der Waals surface area contributed by atoms with Gasteiger partial charge in [0.05, 0.1) is 17.2 Å². The molecule has 0 amide bonds. The van der Waals surface area contributed by atoms with Crippen LogP contribution in [0.1, 0.15) is 24.6 Å². The molecule has 0 aliphatic carbocycles. The van der Waals surface area contributed by atoms with Crippen LogP contribution in [0.5, 0.6) is 0 Å².